The predicted molar refractivity (Wildman–Crippen MR) is 69.4 cm³/mol. The second-order valence-electron chi connectivity index (χ2n) is 3.09. The number of anilines is 1. The van der Waals surface area contributed by atoms with Gasteiger partial charge in [-0.05, 0) is 28.2 Å². The summed E-state index contributed by atoms with van der Waals surface area (Å²) in [6, 6.07) is 1.54. The Morgan fingerprint density at radius 3 is 2.94 bits per heavy atom. The van der Waals surface area contributed by atoms with Crippen LogP contribution in [0.4, 0.5) is 10.8 Å². The summed E-state index contributed by atoms with van der Waals surface area (Å²) in [6.45, 7) is 0.458. The van der Waals surface area contributed by atoms with Gasteiger partial charge in [-0.15, -0.1) is 0 Å². The molecule has 2 rings (SSSR count). The third-order valence-electron chi connectivity index (χ3n) is 1.99. The molecule has 0 atom stereocenters. The van der Waals surface area contributed by atoms with Crippen LogP contribution in [0.1, 0.15) is 5.56 Å². The van der Waals surface area contributed by atoms with Crippen LogP contribution in [0.2, 0.25) is 0 Å². The van der Waals surface area contributed by atoms with E-state index in [9.17, 15) is 10.1 Å². The molecule has 2 aromatic heterocycles. The van der Waals surface area contributed by atoms with Gasteiger partial charge in [0, 0.05) is 11.4 Å². The Bertz CT molecular complexity index is 536. The van der Waals surface area contributed by atoms with E-state index in [1.807, 2.05) is 0 Å². The second-order valence-corrected chi connectivity index (χ2v) is 5.14. The zero-order valence-electron chi connectivity index (χ0n) is 7.96. The predicted octanol–water partition coefficient (Wildman–Crippen LogP) is 2.09. The Morgan fingerprint density at radius 1 is 1.69 bits per heavy atom. The van der Waals surface area contributed by atoms with Gasteiger partial charge in [0.25, 0.3) is 0 Å². The number of hydrogen-bond acceptors (Lipinski definition) is 5. The van der Waals surface area contributed by atoms with Crippen LogP contribution in [0.3, 0.4) is 0 Å². The number of rotatable bonds is 3. The average molecular weight is 350 g/mol. The number of nitrogen functional groups attached to an aromatic ring is 1. The lowest BCUT2D eigenvalue weighted by molar-refractivity contribution is -0.380. The first-order valence-corrected chi connectivity index (χ1v) is 6.22. The molecule has 6 nitrogen and oxygen atoms in total. The van der Waals surface area contributed by atoms with E-state index in [-0.39, 0.29) is 5.00 Å². The van der Waals surface area contributed by atoms with E-state index in [0.29, 0.717) is 12.4 Å². The zero-order chi connectivity index (χ0) is 11.7. The summed E-state index contributed by atoms with van der Waals surface area (Å²) in [7, 11) is 0. The molecule has 0 saturated heterocycles. The van der Waals surface area contributed by atoms with E-state index in [0.717, 1.165) is 20.5 Å². The number of nitrogens with zero attached hydrogens (tertiary/aromatic N) is 3. The van der Waals surface area contributed by atoms with Gasteiger partial charge in [-0.3, -0.25) is 10.1 Å². The van der Waals surface area contributed by atoms with Gasteiger partial charge in [0.1, 0.15) is 5.82 Å². The highest BCUT2D eigenvalue weighted by molar-refractivity contribution is 14.1. The quantitative estimate of drug-likeness (QED) is 0.522. The van der Waals surface area contributed by atoms with Crippen molar-refractivity contribution in [1.29, 1.82) is 0 Å². The van der Waals surface area contributed by atoms with Gasteiger partial charge < -0.3 is 5.73 Å². The highest BCUT2D eigenvalue weighted by Gasteiger charge is 2.11. The maximum absolute atomic E-state index is 10.5. The highest BCUT2D eigenvalue weighted by Crippen LogP contribution is 2.24. The van der Waals surface area contributed by atoms with Crippen LogP contribution in [-0.4, -0.2) is 14.7 Å². The van der Waals surface area contributed by atoms with E-state index in [2.05, 4.69) is 27.7 Å². The molecular weight excluding hydrogens is 343 g/mol. The molecular formula is C8H7IN4O2S. The lowest BCUT2D eigenvalue weighted by atomic mass is 10.3. The van der Waals surface area contributed by atoms with Gasteiger partial charge in [0.15, 0.2) is 0 Å². The first-order chi connectivity index (χ1) is 7.58. The van der Waals surface area contributed by atoms with Crippen molar-refractivity contribution in [2.24, 2.45) is 0 Å². The molecule has 0 unspecified atom stereocenters. The lowest BCUT2D eigenvalue weighted by Gasteiger charge is -2.00. The molecule has 0 aliphatic heterocycles. The van der Waals surface area contributed by atoms with Crippen LogP contribution in [0, 0.1) is 13.7 Å². The monoisotopic (exact) mass is 350 g/mol. The summed E-state index contributed by atoms with van der Waals surface area (Å²) < 4.78 is 2.50. The number of nitro groups is 1. The Balaban J connectivity index is 2.21. The molecule has 0 radical (unpaired) electrons. The third-order valence-corrected chi connectivity index (χ3v) is 3.75. The molecule has 0 spiro atoms. The first kappa shape index (κ1) is 11.3. The smallest absolute Gasteiger partial charge is 0.324 e. The van der Waals surface area contributed by atoms with Crippen molar-refractivity contribution < 1.29 is 4.92 Å². The number of thiophene rings is 1. The first-order valence-electron chi connectivity index (χ1n) is 4.26. The van der Waals surface area contributed by atoms with Crippen molar-refractivity contribution in [2.75, 3.05) is 5.73 Å². The van der Waals surface area contributed by atoms with Crippen LogP contribution < -0.4 is 5.73 Å². The normalized spacial score (nSPS) is 10.6. The minimum atomic E-state index is -0.398. The number of hydrogen-bond donors (Lipinski definition) is 1. The SMILES string of the molecule is Nc1c(I)cnn1Cc1csc([N+](=O)[O-])c1. The number of nitrogens with two attached hydrogens (primary N) is 1. The molecule has 84 valence electrons. The van der Waals surface area contributed by atoms with Crippen molar-refractivity contribution in [2.45, 2.75) is 6.54 Å². The fraction of sp³-hybridized carbons (Fsp3) is 0.125. The minimum absolute atomic E-state index is 0.135. The fourth-order valence-corrected chi connectivity index (χ4v) is 2.34. The van der Waals surface area contributed by atoms with Gasteiger partial charge >= 0.3 is 5.00 Å². The summed E-state index contributed by atoms with van der Waals surface area (Å²) in [5.74, 6) is 0.578. The van der Waals surface area contributed by atoms with Crippen LogP contribution in [0.15, 0.2) is 17.6 Å². The molecule has 0 fully saturated rings. The summed E-state index contributed by atoms with van der Waals surface area (Å²) in [4.78, 5) is 10.1. The molecule has 0 aliphatic carbocycles. The van der Waals surface area contributed by atoms with Gasteiger partial charge in [-0.2, -0.15) is 5.10 Å². The van der Waals surface area contributed by atoms with E-state index in [1.54, 1.807) is 22.3 Å². The maximum Gasteiger partial charge on any atom is 0.324 e. The topological polar surface area (TPSA) is 87.0 Å². The molecule has 2 N–H and O–H groups in total. The summed E-state index contributed by atoms with van der Waals surface area (Å²) in [6.07, 6.45) is 1.66. The highest BCUT2D eigenvalue weighted by atomic mass is 127. The molecule has 2 aromatic rings. The molecule has 0 saturated carbocycles. The largest absolute Gasteiger partial charge is 0.383 e. The van der Waals surface area contributed by atoms with E-state index in [1.165, 1.54) is 0 Å². The van der Waals surface area contributed by atoms with Gasteiger partial charge in [-0.25, -0.2) is 4.68 Å². The van der Waals surface area contributed by atoms with Crippen molar-refractivity contribution >= 4 is 44.7 Å². The molecule has 0 bridgehead atoms. The number of halogens is 1. The molecule has 0 aromatic carbocycles. The minimum Gasteiger partial charge on any atom is -0.383 e. The Kier molecular flexibility index (Phi) is 3.10. The fourth-order valence-electron chi connectivity index (χ4n) is 1.21. The van der Waals surface area contributed by atoms with E-state index in [4.69, 9.17) is 5.73 Å². The van der Waals surface area contributed by atoms with E-state index < -0.39 is 4.92 Å². The van der Waals surface area contributed by atoms with Crippen LogP contribution in [0.25, 0.3) is 0 Å². The molecule has 16 heavy (non-hydrogen) atoms. The zero-order valence-corrected chi connectivity index (χ0v) is 10.9. The molecule has 2 heterocycles. The second kappa shape index (κ2) is 4.37. The summed E-state index contributed by atoms with van der Waals surface area (Å²) >= 11 is 3.20. The Morgan fingerprint density at radius 2 is 2.44 bits per heavy atom. The molecule has 0 amide bonds. The number of aromatic nitrogens is 2. The van der Waals surface area contributed by atoms with Crippen LogP contribution in [-0.2, 0) is 6.54 Å². The van der Waals surface area contributed by atoms with Gasteiger partial charge in [-0.1, -0.05) is 11.3 Å². The Labute approximate surface area is 108 Å². The summed E-state index contributed by atoms with van der Waals surface area (Å²) in [5.41, 5.74) is 6.62. The summed E-state index contributed by atoms with van der Waals surface area (Å²) in [5, 5.41) is 16.5. The van der Waals surface area contributed by atoms with E-state index >= 15 is 0 Å². The van der Waals surface area contributed by atoms with Crippen LogP contribution >= 0.6 is 33.9 Å². The standard InChI is InChI=1S/C8H7IN4O2S/c9-6-2-11-12(8(6)10)3-5-1-7(13(14)15)16-4-5/h1-2,4H,3,10H2. The average Bonchev–Trinajstić information content (AvgIpc) is 2.81. The van der Waals surface area contributed by atoms with Crippen molar-refractivity contribution in [3.05, 3.63) is 36.9 Å². The van der Waals surface area contributed by atoms with Crippen molar-refractivity contribution in [1.82, 2.24) is 9.78 Å². The Hall–Kier alpha value is -1.16. The van der Waals surface area contributed by atoms with Crippen molar-refractivity contribution in [3.8, 4) is 0 Å². The molecule has 8 heteroatoms. The van der Waals surface area contributed by atoms with Crippen molar-refractivity contribution in [3.63, 3.8) is 0 Å². The van der Waals surface area contributed by atoms with Gasteiger partial charge in [0.2, 0.25) is 0 Å². The molecule has 0 aliphatic rings. The maximum atomic E-state index is 10.5. The third kappa shape index (κ3) is 2.16. The van der Waals surface area contributed by atoms with Crippen LogP contribution in [0.5, 0.6) is 0 Å². The van der Waals surface area contributed by atoms with Gasteiger partial charge in [0.05, 0.1) is 21.2 Å². The lowest BCUT2D eigenvalue weighted by Crippen LogP contribution is -2.05.